The Hall–Kier alpha value is -0.930. The zero-order valence-electron chi connectivity index (χ0n) is 12.6. The Labute approximate surface area is 148 Å². The van der Waals surface area contributed by atoms with Crippen LogP contribution in [-0.2, 0) is 6.54 Å². The molecule has 0 aromatic heterocycles. The fourth-order valence-electron chi connectivity index (χ4n) is 2.17. The summed E-state index contributed by atoms with van der Waals surface area (Å²) in [5.74, 6) is 0.705. The maximum absolute atomic E-state index is 6.21. The van der Waals surface area contributed by atoms with Gasteiger partial charge in [-0.1, -0.05) is 53.5 Å². The summed E-state index contributed by atoms with van der Waals surface area (Å²) >= 11 is 12.3. The van der Waals surface area contributed by atoms with Crippen molar-refractivity contribution >= 4 is 35.6 Å². The molecule has 0 aliphatic carbocycles. The lowest BCUT2D eigenvalue weighted by Gasteiger charge is -2.17. The van der Waals surface area contributed by atoms with Crippen molar-refractivity contribution in [2.45, 2.75) is 26.4 Å². The number of nitrogens with one attached hydrogen (secondary N) is 1. The average Bonchev–Trinajstić information content (AvgIpc) is 2.48. The van der Waals surface area contributed by atoms with Crippen molar-refractivity contribution in [3.63, 3.8) is 0 Å². The first kappa shape index (κ1) is 19.1. The van der Waals surface area contributed by atoms with Crippen molar-refractivity contribution in [3.8, 4) is 5.75 Å². The highest BCUT2D eigenvalue weighted by molar-refractivity contribution is 6.35. The summed E-state index contributed by atoms with van der Waals surface area (Å²) in [7, 11) is 0. The highest BCUT2D eigenvalue weighted by Gasteiger charge is 2.12. The normalized spacial score (nSPS) is 11.6. The molecule has 0 fully saturated rings. The van der Waals surface area contributed by atoms with Crippen LogP contribution in [0.1, 0.15) is 31.0 Å². The number of halogens is 3. The smallest absolute Gasteiger partial charge is 0.142 e. The highest BCUT2D eigenvalue weighted by atomic mass is 35.5. The van der Waals surface area contributed by atoms with E-state index in [0.717, 1.165) is 5.56 Å². The zero-order valence-corrected chi connectivity index (χ0v) is 14.9. The van der Waals surface area contributed by atoms with Gasteiger partial charge in [-0.3, -0.25) is 0 Å². The number of hydrogen-bond donors (Lipinski definition) is 1. The molecule has 0 bridgehead atoms. The molecule has 2 rings (SSSR count). The lowest BCUT2D eigenvalue weighted by atomic mass is 10.1. The second-order valence-electron chi connectivity index (χ2n) is 4.82. The van der Waals surface area contributed by atoms with Gasteiger partial charge in [-0.15, -0.1) is 12.4 Å². The molecule has 2 aromatic rings. The van der Waals surface area contributed by atoms with E-state index in [1.54, 1.807) is 6.07 Å². The van der Waals surface area contributed by atoms with Crippen molar-refractivity contribution in [3.05, 3.63) is 63.6 Å². The van der Waals surface area contributed by atoms with E-state index in [2.05, 4.69) is 24.4 Å². The molecule has 0 saturated carbocycles. The van der Waals surface area contributed by atoms with Gasteiger partial charge in [0.15, 0.2) is 0 Å². The molecule has 0 aliphatic heterocycles. The fourth-order valence-corrected chi connectivity index (χ4v) is 2.76. The van der Waals surface area contributed by atoms with Crippen LogP contribution in [0.5, 0.6) is 5.75 Å². The Morgan fingerprint density at radius 3 is 2.45 bits per heavy atom. The van der Waals surface area contributed by atoms with Gasteiger partial charge in [0.1, 0.15) is 5.75 Å². The van der Waals surface area contributed by atoms with Gasteiger partial charge in [0, 0.05) is 23.2 Å². The van der Waals surface area contributed by atoms with Gasteiger partial charge in [0.05, 0.1) is 11.6 Å². The summed E-state index contributed by atoms with van der Waals surface area (Å²) < 4.78 is 5.63. The Kier molecular flexibility index (Phi) is 8.05. The van der Waals surface area contributed by atoms with Crippen LogP contribution in [-0.4, -0.2) is 6.61 Å². The van der Waals surface area contributed by atoms with Crippen LogP contribution in [0.3, 0.4) is 0 Å². The third-order valence-electron chi connectivity index (χ3n) is 3.27. The molecule has 2 nitrogen and oxygen atoms in total. The van der Waals surface area contributed by atoms with Crippen LogP contribution < -0.4 is 10.1 Å². The van der Waals surface area contributed by atoms with Crippen LogP contribution >= 0.6 is 35.6 Å². The molecule has 2 aromatic carbocycles. The van der Waals surface area contributed by atoms with Crippen molar-refractivity contribution in [2.24, 2.45) is 0 Å². The van der Waals surface area contributed by atoms with E-state index in [9.17, 15) is 0 Å². The average molecular weight is 361 g/mol. The summed E-state index contributed by atoms with van der Waals surface area (Å²) in [5, 5.41) is 4.64. The predicted octanol–water partition coefficient (Wildman–Crippen LogP) is 5.66. The summed E-state index contributed by atoms with van der Waals surface area (Å²) in [5.41, 5.74) is 2.21. The van der Waals surface area contributed by atoms with Crippen LogP contribution in [0, 0.1) is 0 Å². The molecule has 0 radical (unpaired) electrons. The standard InChI is InChI=1S/C17H19Cl2NO.ClH/c1-3-21-17-14(9-15(18)10-16(17)19)11-20-12(2)13-7-5-4-6-8-13;/h4-10,12,20H,3,11H2,1-2H3;1H. The molecule has 1 unspecified atom stereocenters. The summed E-state index contributed by atoms with van der Waals surface area (Å²) in [6.07, 6.45) is 0. The molecule has 0 spiro atoms. The van der Waals surface area contributed by atoms with Gasteiger partial charge >= 0.3 is 0 Å². The third-order valence-corrected chi connectivity index (χ3v) is 3.77. The Bertz CT molecular complexity index is 590. The second kappa shape index (κ2) is 9.26. The van der Waals surface area contributed by atoms with Crippen LogP contribution in [0.2, 0.25) is 10.0 Å². The molecule has 22 heavy (non-hydrogen) atoms. The maximum atomic E-state index is 6.21. The van der Waals surface area contributed by atoms with Crippen LogP contribution in [0.15, 0.2) is 42.5 Å². The Morgan fingerprint density at radius 2 is 1.82 bits per heavy atom. The second-order valence-corrected chi connectivity index (χ2v) is 5.67. The molecule has 1 atom stereocenters. The number of benzene rings is 2. The van der Waals surface area contributed by atoms with E-state index >= 15 is 0 Å². The van der Waals surface area contributed by atoms with Crippen LogP contribution in [0.4, 0.5) is 0 Å². The van der Waals surface area contributed by atoms with Crippen molar-refractivity contribution in [1.29, 1.82) is 0 Å². The molecule has 5 heteroatoms. The lowest BCUT2D eigenvalue weighted by molar-refractivity contribution is 0.335. The van der Waals surface area contributed by atoms with E-state index in [0.29, 0.717) is 28.9 Å². The zero-order chi connectivity index (χ0) is 15.2. The summed E-state index contributed by atoms with van der Waals surface area (Å²) in [6.45, 7) is 5.28. The van der Waals surface area contributed by atoms with Gasteiger partial charge in [0.2, 0.25) is 0 Å². The molecule has 0 heterocycles. The van der Waals surface area contributed by atoms with Crippen molar-refractivity contribution in [2.75, 3.05) is 6.61 Å². The van der Waals surface area contributed by atoms with Gasteiger partial charge in [-0.05, 0) is 31.5 Å². The van der Waals surface area contributed by atoms with E-state index in [-0.39, 0.29) is 18.4 Å². The molecular formula is C17H20Cl3NO. The van der Waals surface area contributed by atoms with Crippen LogP contribution in [0.25, 0.3) is 0 Å². The van der Waals surface area contributed by atoms with Crippen molar-refractivity contribution < 1.29 is 4.74 Å². The fraction of sp³-hybridized carbons (Fsp3) is 0.294. The SMILES string of the molecule is CCOc1c(Cl)cc(Cl)cc1CNC(C)c1ccccc1.Cl. The highest BCUT2D eigenvalue weighted by Crippen LogP contribution is 2.32. The van der Waals surface area contributed by atoms with Crippen molar-refractivity contribution in [1.82, 2.24) is 5.32 Å². The first-order valence-electron chi connectivity index (χ1n) is 7.01. The molecule has 1 N–H and O–H groups in total. The molecule has 0 amide bonds. The van der Waals surface area contributed by atoms with E-state index in [4.69, 9.17) is 27.9 Å². The van der Waals surface area contributed by atoms with E-state index in [1.165, 1.54) is 5.56 Å². The first-order chi connectivity index (χ1) is 10.1. The summed E-state index contributed by atoms with van der Waals surface area (Å²) in [6, 6.07) is 14.1. The Morgan fingerprint density at radius 1 is 1.14 bits per heavy atom. The maximum Gasteiger partial charge on any atom is 0.142 e. The third kappa shape index (κ3) is 5.06. The number of hydrogen-bond acceptors (Lipinski definition) is 2. The quantitative estimate of drug-likeness (QED) is 0.717. The molecular weight excluding hydrogens is 341 g/mol. The predicted molar refractivity (Wildman–Crippen MR) is 96.6 cm³/mol. The van der Waals surface area contributed by atoms with Gasteiger partial charge in [-0.25, -0.2) is 0 Å². The Balaban J connectivity index is 0.00000242. The topological polar surface area (TPSA) is 21.3 Å². The minimum atomic E-state index is 0. The molecule has 0 saturated heterocycles. The van der Waals surface area contributed by atoms with E-state index < -0.39 is 0 Å². The first-order valence-corrected chi connectivity index (χ1v) is 7.76. The monoisotopic (exact) mass is 359 g/mol. The summed E-state index contributed by atoms with van der Waals surface area (Å²) in [4.78, 5) is 0. The lowest BCUT2D eigenvalue weighted by Crippen LogP contribution is -2.18. The minimum absolute atomic E-state index is 0. The molecule has 120 valence electrons. The minimum Gasteiger partial charge on any atom is -0.492 e. The van der Waals surface area contributed by atoms with Gasteiger partial charge in [-0.2, -0.15) is 0 Å². The van der Waals surface area contributed by atoms with Gasteiger partial charge in [0.25, 0.3) is 0 Å². The number of rotatable bonds is 6. The largest absolute Gasteiger partial charge is 0.492 e. The molecule has 0 aliphatic rings. The number of ether oxygens (including phenoxy) is 1. The van der Waals surface area contributed by atoms with Gasteiger partial charge < -0.3 is 10.1 Å². The van der Waals surface area contributed by atoms with E-state index in [1.807, 2.05) is 31.2 Å².